The maximum absolute atomic E-state index is 12.4. The quantitative estimate of drug-likeness (QED) is 0.670. The van der Waals surface area contributed by atoms with Crippen molar-refractivity contribution in [3.8, 4) is 0 Å². The minimum absolute atomic E-state index is 0.144. The van der Waals surface area contributed by atoms with E-state index in [1.165, 1.54) is 4.88 Å². The van der Waals surface area contributed by atoms with Gasteiger partial charge in [0.05, 0.1) is 12.6 Å². The van der Waals surface area contributed by atoms with Crippen LogP contribution < -0.4 is 10.6 Å². The van der Waals surface area contributed by atoms with Gasteiger partial charge in [0.15, 0.2) is 0 Å². The molecule has 0 spiro atoms. The van der Waals surface area contributed by atoms with E-state index in [0.29, 0.717) is 18.8 Å². The van der Waals surface area contributed by atoms with Crippen LogP contribution in [0.4, 0.5) is 10.5 Å². The van der Waals surface area contributed by atoms with Gasteiger partial charge in [0, 0.05) is 34.7 Å². The summed E-state index contributed by atoms with van der Waals surface area (Å²) in [6.07, 6.45) is 2.21. The topological polar surface area (TPSA) is 70.7 Å². The lowest BCUT2D eigenvalue weighted by atomic mass is 10.2. The van der Waals surface area contributed by atoms with Crippen molar-refractivity contribution in [2.45, 2.75) is 25.5 Å². The second-order valence-electron chi connectivity index (χ2n) is 6.39. The number of hydrogen-bond donors (Lipinski definition) is 2. The third kappa shape index (κ3) is 6.73. The number of ether oxygens (including phenoxy) is 1. The zero-order chi connectivity index (χ0) is 19.1. The maximum atomic E-state index is 12.4. The summed E-state index contributed by atoms with van der Waals surface area (Å²) in [6.45, 7) is 2.27. The number of carbonyl (C=O) groups excluding carboxylic acids is 2. The van der Waals surface area contributed by atoms with Crippen LogP contribution >= 0.6 is 27.3 Å². The molecule has 2 aromatic rings. The molecule has 0 bridgehead atoms. The lowest BCUT2D eigenvalue weighted by Crippen LogP contribution is -2.43. The van der Waals surface area contributed by atoms with Gasteiger partial charge in [0.1, 0.15) is 0 Å². The van der Waals surface area contributed by atoms with Crippen molar-refractivity contribution >= 4 is 44.9 Å². The summed E-state index contributed by atoms with van der Waals surface area (Å²) >= 11 is 5.00. The number of halogens is 1. The molecule has 3 amide bonds. The second-order valence-corrected chi connectivity index (χ2v) is 8.34. The summed E-state index contributed by atoms with van der Waals surface area (Å²) in [5.41, 5.74) is 0.623. The standard InChI is InChI=1S/C19H22BrN3O3S/c20-14-5-7-15(8-6-14)21-19(25)22-18(24)13-23(11-16-3-1-9-26-16)12-17-4-2-10-27-17/h2,4-8,10,16H,1,3,9,11-13H2,(H2,21,22,24,25)/t16-/m0/s1. The molecule has 2 N–H and O–H groups in total. The number of anilines is 1. The second kappa shape index (κ2) is 9.98. The third-order valence-corrected chi connectivity index (χ3v) is 5.56. The van der Waals surface area contributed by atoms with Crippen LogP contribution in [-0.2, 0) is 16.1 Å². The van der Waals surface area contributed by atoms with E-state index >= 15 is 0 Å². The molecule has 6 nitrogen and oxygen atoms in total. The number of rotatable bonds is 7. The molecule has 0 aliphatic carbocycles. The number of benzene rings is 1. The van der Waals surface area contributed by atoms with E-state index in [9.17, 15) is 9.59 Å². The predicted octanol–water partition coefficient (Wildman–Crippen LogP) is 3.84. The highest BCUT2D eigenvalue weighted by Gasteiger charge is 2.22. The summed E-state index contributed by atoms with van der Waals surface area (Å²) in [7, 11) is 0. The molecule has 2 heterocycles. The molecule has 1 aromatic heterocycles. The van der Waals surface area contributed by atoms with Gasteiger partial charge in [-0.15, -0.1) is 11.3 Å². The van der Waals surface area contributed by atoms with Gasteiger partial charge in [0.25, 0.3) is 0 Å². The number of imide groups is 1. The zero-order valence-electron chi connectivity index (χ0n) is 14.8. The van der Waals surface area contributed by atoms with E-state index in [0.717, 1.165) is 23.9 Å². The van der Waals surface area contributed by atoms with Crippen molar-refractivity contribution in [3.05, 3.63) is 51.1 Å². The maximum Gasteiger partial charge on any atom is 0.325 e. The summed E-state index contributed by atoms with van der Waals surface area (Å²) in [4.78, 5) is 27.6. The van der Waals surface area contributed by atoms with Crippen molar-refractivity contribution in [2.24, 2.45) is 0 Å². The van der Waals surface area contributed by atoms with Crippen LogP contribution in [0.3, 0.4) is 0 Å². The average Bonchev–Trinajstić information content (AvgIpc) is 3.31. The number of thiophene rings is 1. The van der Waals surface area contributed by atoms with Gasteiger partial charge < -0.3 is 10.1 Å². The molecule has 1 atom stereocenters. The van der Waals surface area contributed by atoms with Gasteiger partial charge in [-0.2, -0.15) is 0 Å². The lowest BCUT2D eigenvalue weighted by Gasteiger charge is -2.24. The van der Waals surface area contributed by atoms with E-state index in [-0.39, 0.29) is 18.6 Å². The van der Waals surface area contributed by atoms with E-state index in [4.69, 9.17) is 4.74 Å². The molecule has 0 radical (unpaired) electrons. The first-order chi connectivity index (χ1) is 13.1. The lowest BCUT2D eigenvalue weighted by molar-refractivity contribution is -0.121. The number of urea groups is 1. The van der Waals surface area contributed by atoms with E-state index in [2.05, 4.69) is 26.6 Å². The van der Waals surface area contributed by atoms with Gasteiger partial charge in [-0.05, 0) is 48.6 Å². The monoisotopic (exact) mass is 451 g/mol. The molecule has 0 saturated carbocycles. The minimum Gasteiger partial charge on any atom is -0.377 e. The zero-order valence-corrected chi connectivity index (χ0v) is 17.2. The predicted molar refractivity (Wildman–Crippen MR) is 110 cm³/mol. The minimum atomic E-state index is -0.532. The highest BCUT2D eigenvalue weighted by Crippen LogP contribution is 2.17. The Kier molecular flexibility index (Phi) is 7.40. The summed E-state index contributed by atoms with van der Waals surface area (Å²) in [5.74, 6) is -0.334. The largest absolute Gasteiger partial charge is 0.377 e. The molecule has 3 rings (SSSR count). The first-order valence-corrected chi connectivity index (χ1v) is 10.5. The molecule has 1 fully saturated rings. The Morgan fingerprint density at radius 1 is 1.26 bits per heavy atom. The number of amides is 3. The van der Waals surface area contributed by atoms with Gasteiger partial charge in [-0.3, -0.25) is 15.0 Å². The van der Waals surface area contributed by atoms with Crippen LogP contribution in [0.5, 0.6) is 0 Å². The van der Waals surface area contributed by atoms with Gasteiger partial charge in [-0.1, -0.05) is 22.0 Å². The van der Waals surface area contributed by atoms with E-state index in [1.807, 2.05) is 34.5 Å². The molecule has 27 heavy (non-hydrogen) atoms. The Hall–Kier alpha value is -1.74. The molecule has 144 valence electrons. The number of carbonyl (C=O) groups is 2. The molecule has 1 saturated heterocycles. The number of nitrogens with zero attached hydrogens (tertiary/aromatic N) is 1. The van der Waals surface area contributed by atoms with Crippen molar-refractivity contribution in [1.82, 2.24) is 10.2 Å². The highest BCUT2D eigenvalue weighted by atomic mass is 79.9. The first kappa shape index (κ1) is 20.0. The SMILES string of the molecule is O=C(CN(Cc1cccs1)C[C@@H]1CCCO1)NC(=O)Nc1ccc(Br)cc1. The van der Waals surface area contributed by atoms with Crippen molar-refractivity contribution < 1.29 is 14.3 Å². The Balaban J connectivity index is 1.52. The van der Waals surface area contributed by atoms with Crippen LogP contribution in [0, 0.1) is 0 Å². The van der Waals surface area contributed by atoms with Crippen LogP contribution in [0.1, 0.15) is 17.7 Å². The average molecular weight is 452 g/mol. The van der Waals surface area contributed by atoms with E-state index < -0.39 is 6.03 Å². The van der Waals surface area contributed by atoms with Crippen LogP contribution in [0.25, 0.3) is 0 Å². The number of nitrogens with one attached hydrogen (secondary N) is 2. The van der Waals surface area contributed by atoms with Crippen molar-refractivity contribution in [3.63, 3.8) is 0 Å². The van der Waals surface area contributed by atoms with Crippen LogP contribution in [0.2, 0.25) is 0 Å². The normalized spacial score (nSPS) is 16.4. The van der Waals surface area contributed by atoms with Gasteiger partial charge in [0.2, 0.25) is 5.91 Å². The highest BCUT2D eigenvalue weighted by molar-refractivity contribution is 9.10. The summed E-state index contributed by atoms with van der Waals surface area (Å²) in [6, 6.07) is 10.7. The molecular formula is C19H22BrN3O3S. The van der Waals surface area contributed by atoms with Crippen LogP contribution in [0.15, 0.2) is 46.3 Å². The summed E-state index contributed by atoms with van der Waals surface area (Å²) in [5, 5.41) is 7.08. The molecule has 1 aromatic carbocycles. The smallest absolute Gasteiger partial charge is 0.325 e. The molecule has 0 unspecified atom stereocenters. The summed E-state index contributed by atoms with van der Waals surface area (Å²) < 4.78 is 6.62. The molecule has 8 heteroatoms. The fourth-order valence-electron chi connectivity index (χ4n) is 2.95. The van der Waals surface area contributed by atoms with Crippen molar-refractivity contribution in [1.29, 1.82) is 0 Å². The Labute approximate surface area is 171 Å². The van der Waals surface area contributed by atoms with Gasteiger partial charge >= 0.3 is 6.03 Å². The van der Waals surface area contributed by atoms with E-state index in [1.54, 1.807) is 23.5 Å². The number of hydrogen-bond acceptors (Lipinski definition) is 5. The Bertz CT molecular complexity index is 746. The van der Waals surface area contributed by atoms with Gasteiger partial charge in [-0.25, -0.2) is 4.79 Å². The van der Waals surface area contributed by atoms with Crippen molar-refractivity contribution in [2.75, 3.05) is 25.0 Å². The Morgan fingerprint density at radius 3 is 2.74 bits per heavy atom. The van der Waals surface area contributed by atoms with Crippen LogP contribution in [-0.4, -0.2) is 42.6 Å². The molecular weight excluding hydrogens is 430 g/mol. The molecule has 1 aliphatic heterocycles. The molecule has 1 aliphatic rings. The first-order valence-electron chi connectivity index (χ1n) is 8.81. The third-order valence-electron chi connectivity index (χ3n) is 4.17. The fourth-order valence-corrected chi connectivity index (χ4v) is 3.96. The fraction of sp³-hybridized carbons (Fsp3) is 0.368. The Morgan fingerprint density at radius 2 is 2.07 bits per heavy atom.